The van der Waals surface area contributed by atoms with E-state index in [9.17, 15) is 9.59 Å². The summed E-state index contributed by atoms with van der Waals surface area (Å²) < 4.78 is 6.44. The molecule has 0 aliphatic carbocycles. The number of halogens is 1. The van der Waals surface area contributed by atoms with Crippen LogP contribution in [0.3, 0.4) is 0 Å². The van der Waals surface area contributed by atoms with Gasteiger partial charge in [0.15, 0.2) is 6.61 Å². The van der Waals surface area contributed by atoms with E-state index in [-0.39, 0.29) is 24.5 Å². The van der Waals surface area contributed by atoms with Gasteiger partial charge in [-0.1, -0.05) is 46.3 Å². The smallest absolute Gasteiger partial charge is 0.258 e. The van der Waals surface area contributed by atoms with Crippen molar-refractivity contribution in [2.45, 2.75) is 13.0 Å². The number of nitrogens with one attached hydrogen (secondary N) is 2. The van der Waals surface area contributed by atoms with E-state index in [0.717, 1.165) is 10.0 Å². The third-order valence-corrected chi connectivity index (χ3v) is 4.77. The van der Waals surface area contributed by atoms with Crippen LogP contribution in [-0.2, 0) is 4.79 Å². The highest BCUT2D eigenvalue weighted by atomic mass is 79.9. The summed E-state index contributed by atoms with van der Waals surface area (Å²) in [5.74, 6) is 0.225. The molecule has 2 amide bonds. The fourth-order valence-electron chi connectivity index (χ4n) is 2.72. The molecule has 3 rings (SSSR count). The molecule has 3 aromatic rings. The summed E-state index contributed by atoms with van der Waals surface area (Å²) in [5.41, 5.74) is 2.14. The number of ether oxygens (including phenoxy) is 1. The van der Waals surface area contributed by atoms with Crippen LogP contribution in [0.2, 0.25) is 0 Å². The van der Waals surface area contributed by atoms with Gasteiger partial charge in [0.05, 0.1) is 6.04 Å². The molecule has 1 atom stereocenters. The van der Waals surface area contributed by atoms with Gasteiger partial charge in [0.25, 0.3) is 11.8 Å². The molecule has 0 radical (unpaired) electrons. The predicted molar refractivity (Wildman–Crippen MR) is 117 cm³/mol. The fraction of sp³-hybridized carbons (Fsp3) is 0.130. The molecule has 0 saturated carbocycles. The van der Waals surface area contributed by atoms with Crippen molar-refractivity contribution >= 4 is 33.4 Å². The quantitative estimate of drug-likeness (QED) is 0.532. The van der Waals surface area contributed by atoms with Crippen LogP contribution in [0.1, 0.15) is 28.9 Å². The lowest BCUT2D eigenvalue weighted by atomic mass is 10.1. The highest BCUT2D eigenvalue weighted by molar-refractivity contribution is 9.10. The molecule has 1 unspecified atom stereocenters. The minimum Gasteiger partial charge on any atom is -0.484 e. The third-order valence-electron chi connectivity index (χ3n) is 4.24. The second-order valence-electron chi connectivity index (χ2n) is 6.48. The van der Waals surface area contributed by atoms with Crippen LogP contribution in [0.25, 0.3) is 0 Å². The van der Waals surface area contributed by atoms with Gasteiger partial charge in [-0.25, -0.2) is 0 Å². The molecule has 0 heterocycles. The zero-order valence-corrected chi connectivity index (χ0v) is 17.5. The lowest BCUT2D eigenvalue weighted by molar-refractivity contribution is -0.123. The summed E-state index contributed by atoms with van der Waals surface area (Å²) >= 11 is 3.36. The van der Waals surface area contributed by atoms with Crippen LogP contribution in [0, 0.1) is 0 Å². The third kappa shape index (κ3) is 6.19. The Morgan fingerprint density at radius 1 is 0.966 bits per heavy atom. The van der Waals surface area contributed by atoms with Crippen molar-refractivity contribution in [3.05, 3.63) is 94.5 Å². The monoisotopic (exact) mass is 452 g/mol. The fourth-order valence-corrected chi connectivity index (χ4v) is 2.99. The van der Waals surface area contributed by atoms with Crippen molar-refractivity contribution in [3.8, 4) is 5.75 Å². The summed E-state index contributed by atoms with van der Waals surface area (Å²) in [6, 6.07) is 23.5. The standard InChI is InChI=1S/C23H21BrN2O3/c1-16(25-22(27)15-29-21-12-10-19(24)11-13-21)18-8-5-9-20(14-18)26-23(28)17-6-3-2-4-7-17/h2-14,16H,15H2,1H3,(H,25,27)(H,26,28). The average molecular weight is 453 g/mol. The molecule has 6 heteroatoms. The zero-order chi connectivity index (χ0) is 20.6. The predicted octanol–water partition coefficient (Wildman–Crippen LogP) is 4.96. The number of hydrogen-bond donors (Lipinski definition) is 2. The maximum Gasteiger partial charge on any atom is 0.258 e. The van der Waals surface area contributed by atoms with Crippen molar-refractivity contribution in [1.29, 1.82) is 0 Å². The minimum absolute atomic E-state index is 0.0730. The van der Waals surface area contributed by atoms with Gasteiger partial charge in [0.2, 0.25) is 0 Å². The van der Waals surface area contributed by atoms with Gasteiger partial charge in [0, 0.05) is 15.7 Å². The van der Waals surface area contributed by atoms with E-state index in [0.29, 0.717) is 17.0 Å². The zero-order valence-electron chi connectivity index (χ0n) is 15.9. The first kappa shape index (κ1) is 20.6. The highest BCUT2D eigenvalue weighted by Crippen LogP contribution is 2.19. The van der Waals surface area contributed by atoms with Crippen LogP contribution in [-0.4, -0.2) is 18.4 Å². The molecular weight excluding hydrogens is 432 g/mol. The van der Waals surface area contributed by atoms with Crippen molar-refractivity contribution in [3.63, 3.8) is 0 Å². The Balaban J connectivity index is 1.55. The van der Waals surface area contributed by atoms with E-state index in [1.54, 1.807) is 24.3 Å². The lowest BCUT2D eigenvalue weighted by Crippen LogP contribution is -2.31. The van der Waals surface area contributed by atoms with Crippen molar-refractivity contribution < 1.29 is 14.3 Å². The van der Waals surface area contributed by atoms with Gasteiger partial charge in [-0.2, -0.15) is 0 Å². The maximum absolute atomic E-state index is 12.3. The largest absolute Gasteiger partial charge is 0.484 e. The number of hydrogen-bond acceptors (Lipinski definition) is 3. The van der Waals surface area contributed by atoms with E-state index in [4.69, 9.17) is 4.74 Å². The Morgan fingerprint density at radius 2 is 1.69 bits per heavy atom. The van der Waals surface area contributed by atoms with Crippen LogP contribution in [0.15, 0.2) is 83.3 Å². The lowest BCUT2D eigenvalue weighted by Gasteiger charge is -2.16. The van der Waals surface area contributed by atoms with Crippen molar-refractivity contribution in [1.82, 2.24) is 5.32 Å². The SMILES string of the molecule is CC(NC(=O)COc1ccc(Br)cc1)c1cccc(NC(=O)c2ccccc2)c1. The van der Waals surface area contributed by atoms with E-state index in [1.807, 2.05) is 61.5 Å². The van der Waals surface area contributed by atoms with Gasteiger partial charge in [-0.3, -0.25) is 9.59 Å². The number of amides is 2. The van der Waals surface area contributed by atoms with Gasteiger partial charge in [0.1, 0.15) is 5.75 Å². The molecule has 148 valence electrons. The number of carbonyl (C=O) groups excluding carboxylic acids is 2. The van der Waals surface area contributed by atoms with Gasteiger partial charge < -0.3 is 15.4 Å². The molecule has 0 spiro atoms. The highest BCUT2D eigenvalue weighted by Gasteiger charge is 2.12. The molecular formula is C23H21BrN2O3. The first-order chi connectivity index (χ1) is 14.0. The number of carbonyl (C=O) groups is 2. The molecule has 2 N–H and O–H groups in total. The summed E-state index contributed by atoms with van der Waals surface area (Å²) in [5, 5.41) is 5.78. The maximum atomic E-state index is 12.3. The Kier molecular flexibility index (Phi) is 7.03. The molecule has 5 nitrogen and oxygen atoms in total. The molecule has 3 aromatic carbocycles. The van der Waals surface area contributed by atoms with Crippen LogP contribution in [0.4, 0.5) is 5.69 Å². The molecule has 0 fully saturated rings. The average Bonchev–Trinajstić information content (AvgIpc) is 2.74. The minimum atomic E-state index is -0.232. The summed E-state index contributed by atoms with van der Waals surface area (Å²) in [7, 11) is 0. The number of rotatable bonds is 7. The molecule has 0 saturated heterocycles. The van der Waals surface area contributed by atoms with Gasteiger partial charge >= 0.3 is 0 Å². The number of benzene rings is 3. The van der Waals surface area contributed by atoms with Crippen molar-refractivity contribution in [2.24, 2.45) is 0 Å². The molecule has 29 heavy (non-hydrogen) atoms. The van der Waals surface area contributed by atoms with E-state index in [2.05, 4.69) is 26.6 Å². The van der Waals surface area contributed by atoms with Crippen molar-refractivity contribution in [2.75, 3.05) is 11.9 Å². The first-order valence-corrected chi connectivity index (χ1v) is 9.94. The normalized spacial score (nSPS) is 11.4. The second kappa shape index (κ2) is 9.89. The Labute approximate surface area is 178 Å². The van der Waals surface area contributed by atoms with Crippen LogP contribution in [0.5, 0.6) is 5.75 Å². The van der Waals surface area contributed by atoms with Crippen LogP contribution >= 0.6 is 15.9 Å². The van der Waals surface area contributed by atoms with E-state index < -0.39 is 0 Å². The topological polar surface area (TPSA) is 67.4 Å². The molecule has 0 aromatic heterocycles. The first-order valence-electron chi connectivity index (χ1n) is 9.15. The summed E-state index contributed by atoms with van der Waals surface area (Å²) in [6.07, 6.45) is 0. The number of anilines is 1. The Morgan fingerprint density at radius 3 is 2.41 bits per heavy atom. The van der Waals surface area contributed by atoms with Gasteiger partial charge in [-0.15, -0.1) is 0 Å². The summed E-state index contributed by atoms with van der Waals surface area (Å²) in [6.45, 7) is 1.81. The van der Waals surface area contributed by atoms with Crippen LogP contribution < -0.4 is 15.4 Å². The Hall–Kier alpha value is -3.12. The summed E-state index contributed by atoms with van der Waals surface area (Å²) in [4.78, 5) is 24.5. The molecule has 0 aliphatic heterocycles. The Bertz CT molecular complexity index is 975. The van der Waals surface area contributed by atoms with Gasteiger partial charge in [-0.05, 0) is 61.0 Å². The second-order valence-corrected chi connectivity index (χ2v) is 7.39. The molecule has 0 aliphatic rings. The van der Waals surface area contributed by atoms with E-state index in [1.165, 1.54) is 0 Å². The molecule has 0 bridgehead atoms. The van der Waals surface area contributed by atoms with E-state index >= 15 is 0 Å².